The second-order valence-electron chi connectivity index (χ2n) is 3.46. The second kappa shape index (κ2) is 5.56. The molecule has 0 spiro atoms. The predicted molar refractivity (Wildman–Crippen MR) is 69.9 cm³/mol. The first-order valence-corrected chi connectivity index (χ1v) is 6.86. The van der Waals surface area contributed by atoms with Gasteiger partial charge in [-0.05, 0) is 0 Å². The van der Waals surface area contributed by atoms with Crippen LogP contribution in [-0.4, -0.2) is 15.0 Å². The fourth-order valence-corrected chi connectivity index (χ4v) is 2.54. The average Bonchev–Trinajstić information content (AvgIpc) is 2.33. The summed E-state index contributed by atoms with van der Waals surface area (Å²) in [6.45, 7) is 2.10. The van der Waals surface area contributed by atoms with Gasteiger partial charge in [0.2, 0.25) is 0 Å². The molecule has 1 heteroatoms. The Hall–Kier alpha value is -1.48. The summed E-state index contributed by atoms with van der Waals surface area (Å²) in [5.41, 5.74) is 2.39. The van der Waals surface area contributed by atoms with Gasteiger partial charge in [0, 0.05) is 0 Å². The zero-order chi connectivity index (χ0) is 11.2. The van der Waals surface area contributed by atoms with Crippen molar-refractivity contribution in [1.82, 2.24) is 0 Å². The van der Waals surface area contributed by atoms with E-state index in [0.29, 0.717) is 0 Å². The van der Waals surface area contributed by atoms with Crippen molar-refractivity contribution >= 4 is 19.4 Å². The van der Waals surface area contributed by atoms with Gasteiger partial charge in [-0.15, -0.1) is 0 Å². The molecule has 0 N–H and O–H groups in total. The van der Waals surface area contributed by atoms with Gasteiger partial charge in [0.1, 0.15) is 0 Å². The molecule has 0 amide bonds. The molecule has 0 saturated carbocycles. The SMILES string of the molecule is Cc1ccccc1C#C[Se]c1ccccc1. The van der Waals surface area contributed by atoms with Crippen molar-refractivity contribution in [3.63, 3.8) is 0 Å². The molecule has 0 heterocycles. The van der Waals surface area contributed by atoms with Crippen LogP contribution < -0.4 is 4.46 Å². The van der Waals surface area contributed by atoms with E-state index in [4.69, 9.17) is 0 Å². The number of aryl methyl sites for hydroxylation is 1. The van der Waals surface area contributed by atoms with E-state index in [0.717, 1.165) is 5.56 Å². The molecular weight excluding hydrogens is 259 g/mol. The molecule has 0 fully saturated rings. The van der Waals surface area contributed by atoms with Crippen LogP contribution in [0.5, 0.6) is 0 Å². The average molecular weight is 271 g/mol. The maximum absolute atomic E-state index is 3.27. The number of rotatable bonds is 1. The van der Waals surface area contributed by atoms with E-state index in [9.17, 15) is 0 Å². The maximum atomic E-state index is 3.27. The number of hydrogen-bond donors (Lipinski definition) is 0. The van der Waals surface area contributed by atoms with Gasteiger partial charge in [0.05, 0.1) is 0 Å². The normalized spacial score (nSPS) is 9.31. The van der Waals surface area contributed by atoms with Gasteiger partial charge in [0.25, 0.3) is 0 Å². The van der Waals surface area contributed by atoms with Crippen LogP contribution in [0.15, 0.2) is 54.6 Å². The Morgan fingerprint density at radius 3 is 2.31 bits per heavy atom. The monoisotopic (exact) mass is 272 g/mol. The topological polar surface area (TPSA) is 0 Å². The molecule has 0 aliphatic carbocycles. The fraction of sp³-hybridized carbons (Fsp3) is 0.0667. The molecule has 0 bridgehead atoms. The number of benzene rings is 2. The molecule has 0 saturated heterocycles. The molecule has 0 radical (unpaired) electrons. The summed E-state index contributed by atoms with van der Waals surface area (Å²) in [5.74, 6) is 3.24. The molecule has 0 unspecified atom stereocenters. The van der Waals surface area contributed by atoms with Gasteiger partial charge in [-0.1, -0.05) is 0 Å². The Kier molecular flexibility index (Phi) is 3.83. The van der Waals surface area contributed by atoms with Crippen molar-refractivity contribution in [3.05, 3.63) is 65.7 Å². The summed E-state index contributed by atoms with van der Waals surface area (Å²) >= 11 is 0.254. The molecule has 0 nitrogen and oxygen atoms in total. The van der Waals surface area contributed by atoms with E-state index >= 15 is 0 Å². The van der Waals surface area contributed by atoms with Gasteiger partial charge in [-0.25, -0.2) is 0 Å². The number of hydrogen-bond acceptors (Lipinski definition) is 0. The molecule has 0 aliphatic heterocycles. The Labute approximate surface area is 103 Å². The zero-order valence-electron chi connectivity index (χ0n) is 9.10. The summed E-state index contributed by atoms with van der Waals surface area (Å²) in [6, 6.07) is 18.7. The van der Waals surface area contributed by atoms with Crippen LogP contribution in [0.3, 0.4) is 0 Å². The van der Waals surface area contributed by atoms with Crippen LogP contribution in [0.25, 0.3) is 0 Å². The van der Waals surface area contributed by atoms with Crippen molar-refractivity contribution < 1.29 is 0 Å². The summed E-state index contributed by atoms with van der Waals surface area (Å²) in [4.78, 5) is 3.27. The van der Waals surface area contributed by atoms with E-state index in [1.165, 1.54) is 10.0 Å². The summed E-state index contributed by atoms with van der Waals surface area (Å²) in [5, 5.41) is 0. The van der Waals surface area contributed by atoms with Gasteiger partial charge < -0.3 is 0 Å². The summed E-state index contributed by atoms with van der Waals surface area (Å²) < 4.78 is 1.33. The van der Waals surface area contributed by atoms with Crippen molar-refractivity contribution in [2.75, 3.05) is 0 Å². The van der Waals surface area contributed by atoms with Gasteiger partial charge >= 0.3 is 103 Å². The van der Waals surface area contributed by atoms with Gasteiger partial charge in [-0.2, -0.15) is 0 Å². The molecule has 2 rings (SSSR count). The molecule has 78 valence electrons. The molecule has 0 atom stereocenters. The quantitative estimate of drug-likeness (QED) is 0.551. The van der Waals surface area contributed by atoms with E-state index < -0.39 is 0 Å². The van der Waals surface area contributed by atoms with Crippen LogP contribution in [-0.2, 0) is 0 Å². The van der Waals surface area contributed by atoms with E-state index in [1.807, 2.05) is 18.2 Å². The van der Waals surface area contributed by atoms with E-state index in [2.05, 4.69) is 54.1 Å². The first-order valence-electron chi connectivity index (χ1n) is 5.15. The standard InChI is InChI=1S/C15H12Se/c1-13-7-5-6-8-14(13)11-12-16-15-9-3-2-4-10-15/h2-10H,1H3. The third-order valence-corrected chi connectivity index (χ3v) is 3.74. The Morgan fingerprint density at radius 2 is 1.56 bits per heavy atom. The molecule has 0 aliphatic rings. The van der Waals surface area contributed by atoms with Crippen LogP contribution in [0, 0.1) is 17.7 Å². The van der Waals surface area contributed by atoms with Gasteiger partial charge in [0.15, 0.2) is 0 Å². The Bertz CT molecular complexity index is 518. The van der Waals surface area contributed by atoms with Crippen LogP contribution in [0.1, 0.15) is 11.1 Å². The van der Waals surface area contributed by atoms with Crippen molar-refractivity contribution in [2.45, 2.75) is 6.92 Å². The molecule has 0 aromatic heterocycles. The Morgan fingerprint density at radius 1 is 0.875 bits per heavy atom. The zero-order valence-corrected chi connectivity index (χ0v) is 10.8. The van der Waals surface area contributed by atoms with Crippen molar-refractivity contribution in [2.24, 2.45) is 0 Å². The van der Waals surface area contributed by atoms with Crippen molar-refractivity contribution in [3.8, 4) is 10.7 Å². The molecule has 2 aromatic rings. The predicted octanol–water partition coefficient (Wildman–Crippen LogP) is 2.33. The minimum atomic E-state index is 0.254. The van der Waals surface area contributed by atoms with Crippen LogP contribution >= 0.6 is 0 Å². The van der Waals surface area contributed by atoms with Crippen molar-refractivity contribution in [1.29, 1.82) is 0 Å². The summed E-state index contributed by atoms with van der Waals surface area (Å²) in [6.07, 6.45) is 0. The molecule has 2 aromatic carbocycles. The van der Waals surface area contributed by atoms with E-state index in [-0.39, 0.29) is 15.0 Å². The van der Waals surface area contributed by atoms with Crippen LogP contribution in [0.2, 0.25) is 0 Å². The first-order chi connectivity index (χ1) is 7.86. The Balaban J connectivity index is 2.10. The molecular formula is C15H12Se. The minimum absolute atomic E-state index is 0.254. The van der Waals surface area contributed by atoms with Gasteiger partial charge in [-0.3, -0.25) is 0 Å². The van der Waals surface area contributed by atoms with E-state index in [1.54, 1.807) is 0 Å². The first kappa shape index (κ1) is 11.0. The van der Waals surface area contributed by atoms with Crippen LogP contribution in [0.4, 0.5) is 0 Å². The third-order valence-electron chi connectivity index (χ3n) is 2.24. The second-order valence-corrected chi connectivity index (χ2v) is 5.30. The summed E-state index contributed by atoms with van der Waals surface area (Å²) in [7, 11) is 0. The fourth-order valence-electron chi connectivity index (χ4n) is 1.34. The third kappa shape index (κ3) is 3.00. The molecule has 16 heavy (non-hydrogen) atoms.